The van der Waals surface area contributed by atoms with Crippen molar-refractivity contribution in [1.29, 1.82) is 0 Å². The SMILES string of the molecule is COc1ccc(OC)c(CN2CCN(C(=O)c3cc(C4CC4)nc4ccccc34)CC2)c1. The Kier molecular flexibility index (Phi) is 5.70. The van der Waals surface area contributed by atoms with Gasteiger partial charge in [0.05, 0.1) is 25.3 Å². The van der Waals surface area contributed by atoms with Crippen LogP contribution >= 0.6 is 0 Å². The van der Waals surface area contributed by atoms with Crippen molar-refractivity contribution >= 4 is 16.8 Å². The Bertz CT molecular complexity index is 1130. The summed E-state index contributed by atoms with van der Waals surface area (Å²) >= 11 is 0. The molecule has 2 fully saturated rings. The lowest BCUT2D eigenvalue weighted by Gasteiger charge is -2.35. The lowest BCUT2D eigenvalue weighted by Crippen LogP contribution is -2.48. The Hall–Kier alpha value is -3.12. The molecule has 0 spiro atoms. The van der Waals surface area contributed by atoms with E-state index in [0.717, 1.165) is 58.9 Å². The van der Waals surface area contributed by atoms with E-state index in [4.69, 9.17) is 14.5 Å². The minimum atomic E-state index is 0.115. The third-order valence-corrected chi connectivity index (χ3v) is 6.50. The first-order valence-electron chi connectivity index (χ1n) is 11.3. The molecule has 0 N–H and O–H groups in total. The quantitative estimate of drug-likeness (QED) is 0.589. The fourth-order valence-electron chi connectivity index (χ4n) is 4.49. The maximum atomic E-state index is 13.5. The van der Waals surface area contributed by atoms with Gasteiger partial charge in [0.15, 0.2) is 0 Å². The lowest BCUT2D eigenvalue weighted by atomic mass is 10.0. The van der Waals surface area contributed by atoms with Gasteiger partial charge in [0, 0.05) is 55.3 Å². The smallest absolute Gasteiger partial charge is 0.254 e. The molecular weight excluding hydrogens is 402 g/mol. The second-order valence-corrected chi connectivity index (χ2v) is 8.63. The molecule has 1 aliphatic carbocycles. The van der Waals surface area contributed by atoms with Crippen LogP contribution in [0.2, 0.25) is 0 Å². The highest BCUT2D eigenvalue weighted by Gasteiger charge is 2.29. The maximum absolute atomic E-state index is 13.5. The lowest BCUT2D eigenvalue weighted by molar-refractivity contribution is 0.0629. The predicted octanol–water partition coefficient (Wildman–Crippen LogP) is 4.09. The Balaban J connectivity index is 1.30. The monoisotopic (exact) mass is 431 g/mol. The number of methoxy groups -OCH3 is 2. The number of para-hydroxylation sites is 1. The number of carbonyl (C=O) groups is 1. The van der Waals surface area contributed by atoms with Gasteiger partial charge < -0.3 is 14.4 Å². The van der Waals surface area contributed by atoms with Crippen LogP contribution in [0.5, 0.6) is 11.5 Å². The number of fused-ring (bicyclic) bond motifs is 1. The largest absolute Gasteiger partial charge is 0.497 e. The van der Waals surface area contributed by atoms with Crippen LogP contribution in [-0.4, -0.2) is 61.1 Å². The van der Waals surface area contributed by atoms with Gasteiger partial charge in [0.1, 0.15) is 11.5 Å². The van der Waals surface area contributed by atoms with Crippen molar-refractivity contribution in [2.45, 2.75) is 25.3 Å². The maximum Gasteiger partial charge on any atom is 0.254 e. The molecule has 5 rings (SSSR count). The number of rotatable bonds is 6. The van der Waals surface area contributed by atoms with Gasteiger partial charge in [0.2, 0.25) is 0 Å². The van der Waals surface area contributed by atoms with Crippen LogP contribution in [0, 0.1) is 0 Å². The van der Waals surface area contributed by atoms with Crippen molar-refractivity contribution < 1.29 is 14.3 Å². The van der Waals surface area contributed by atoms with Gasteiger partial charge in [-0.15, -0.1) is 0 Å². The van der Waals surface area contributed by atoms with Crippen LogP contribution in [0.4, 0.5) is 0 Å². The molecule has 0 unspecified atom stereocenters. The molecular formula is C26H29N3O3. The minimum Gasteiger partial charge on any atom is -0.497 e. The van der Waals surface area contributed by atoms with E-state index in [0.29, 0.717) is 19.0 Å². The van der Waals surface area contributed by atoms with Crippen molar-refractivity contribution in [3.63, 3.8) is 0 Å². The molecule has 6 nitrogen and oxygen atoms in total. The molecule has 3 aromatic rings. The van der Waals surface area contributed by atoms with E-state index in [1.807, 2.05) is 53.4 Å². The molecule has 0 atom stereocenters. The number of aromatic nitrogens is 1. The summed E-state index contributed by atoms with van der Waals surface area (Å²) in [5, 5.41) is 0.949. The number of carbonyl (C=O) groups excluding carboxylic acids is 1. The Morgan fingerprint density at radius 1 is 1.00 bits per heavy atom. The van der Waals surface area contributed by atoms with E-state index in [-0.39, 0.29) is 5.91 Å². The number of hydrogen-bond acceptors (Lipinski definition) is 5. The van der Waals surface area contributed by atoms with E-state index in [9.17, 15) is 4.79 Å². The second-order valence-electron chi connectivity index (χ2n) is 8.63. The normalized spacial score (nSPS) is 16.9. The number of benzene rings is 2. The van der Waals surface area contributed by atoms with Crippen LogP contribution in [-0.2, 0) is 6.54 Å². The number of amides is 1. The fourth-order valence-corrected chi connectivity index (χ4v) is 4.49. The van der Waals surface area contributed by atoms with Crippen LogP contribution in [0.15, 0.2) is 48.5 Å². The van der Waals surface area contributed by atoms with Crippen molar-refractivity contribution in [3.05, 3.63) is 65.4 Å². The summed E-state index contributed by atoms with van der Waals surface area (Å²) in [5.74, 6) is 2.32. The molecule has 2 aromatic carbocycles. The third kappa shape index (κ3) is 4.15. The number of hydrogen-bond donors (Lipinski definition) is 0. The number of nitrogens with zero attached hydrogens (tertiary/aromatic N) is 3. The first kappa shape index (κ1) is 20.8. The first-order valence-corrected chi connectivity index (χ1v) is 11.3. The summed E-state index contributed by atoms with van der Waals surface area (Å²) in [6.07, 6.45) is 2.34. The van der Waals surface area contributed by atoms with Crippen molar-refractivity contribution in [3.8, 4) is 11.5 Å². The molecule has 0 radical (unpaired) electrons. The average molecular weight is 432 g/mol. The summed E-state index contributed by atoms with van der Waals surface area (Å²) in [4.78, 5) is 22.7. The van der Waals surface area contributed by atoms with E-state index in [2.05, 4.69) is 4.90 Å². The highest BCUT2D eigenvalue weighted by Crippen LogP contribution is 2.40. The van der Waals surface area contributed by atoms with E-state index in [1.54, 1.807) is 14.2 Å². The number of ether oxygens (including phenoxy) is 2. The average Bonchev–Trinajstić information content (AvgIpc) is 3.69. The molecule has 32 heavy (non-hydrogen) atoms. The molecule has 1 saturated heterocycles. The Morgan fingerprint density at radius 2 is 1.78 bits per heavy atom. The van der Waals surface area contributed by atoms with Gasteiger partial charge in [0.25, 0.3) is 5.91 Å². The van der Waals surface area contributed by atoms with Crippen LogP contribution < -0.4 is 9.47 Å². The first-order chi connectivity index (χ1) is 15.7. The minimum absolute atomic E-state index is 0.115. The zero-order valence-electron chi connectivity index (χ0n) is 18.7. The number of piperazine rings is 1. The summed E-state index contributed by atoms with van der Waals surface area (Å²) < 4.78 is 10.9. The van der Waals surface area contributed by atoms with Crippen LogP contribution in [0.25, 0.3) is 10.9 Å². The fraction of sp³-hybridized carbons (Fsp3) is 0.385. The molecule has 6 heteroatoms. The van der Waals surface area contributed by atoms with E-state index >= 15 is 0 Å². The standard InChI is InChI=1S/C26H29N3O3/c1-31-20-9-10-25(32-2)19(15-20)17-28-11-13-29(14-12-28)26(30)22-16-24(18-7-8-18)27-23-6-4-3-5-21(22)23/h3-6,9-10,15-16,18H,7-8,11-14,17H2,1-2H3. The molecule has 1 aliphatic heterocycles. The van der Waals surface area contributed by atoms with Gasteiger partial charge in [-0.3, -0.25) is 14.7 Å². The van der Waals surface area contributed by atoms with Crippen molar-refractivity contribution in [2.75, 3.05) is 40.4 Å². The van der Waals surface area contributed by atoms with Gasteiger partial charge in [-0.2, -0.15) is 0 Å². The molecule has 0 bridgehead atoms. The Morgan fingerprint density at radius 3 is 2.50 bits per heavy atom. The summed E-state index contributed by atoms with van der Waals surface area (Å²) in [7, 11) is 3.37. The van der Waals surface area contributed by atoms with Crippen LogP contribution in [0.3, 0.4) is 0 Å². The Labute approximate surface area is 188 Å². The summed E-state index contributed by atoms with van der Waals surface area (Å²) in [6.45, 7) is 3.84. The van der Waals surface area contributed by atoms with Gasteiger partial charge >= 0.3 is 0 Å². The topological polar surface area (TPSA) is 54.9 Å². The van der Waals surface area contributed by atoms with E-state index in [1.165, 1.54) is 12.8 Å². The highest BCUT2D eigenvalue weighted by atomic mass is 16.5. The van der Waals surface area contributed by atoms with E-state index < -0.39 is 0 Å². The summed E-state index contributed by atoms with van der Waals surface area (Å²) in [6, 6.07) is 15.9. The summed E-state index contributed by atoms with van der Waals surface area (Å²) in [5.41, 5.74) is 3.88. The zero-order valence-corrected chi connectivity index (χ0v) is 18.7. The van der Waals surface area contributed by atoms with Crippen LogP contribution in [0.1, 0.15) is 40.4 Å². The van der Waals surface area contributed by atoms with Crippen molar-refractivity contribution in [2.24, 2.45) is 0 Å². The molecule has 1 amide bonds. The highest BCUT2D eigenvalue weighted by molar-refractivity contribution is 6.06. The van der Waals surface area contributed by atoms with Gasteiger partial charge in [-0.05, 0) is 43.2 Å². The third-order valence-electron chi connectivity index (χ3n) is 6.50. The molecule has 2 aliphatic rings. The number of pyridine rings is 1. The molecule has 1 saturated carbocycles. The molecule has 2 heterocycles. The zero-order chi connectivity index (χ0) is 22.1. The molecule has 1 aromatic heterocycles. The van der Waals surface area contributed by atoms with Gasteiger partial charge in [-0.1, -0.05) is 18.2 Å². The predicted molar refractivity (Wildman–Crippen MR) is 124 cm³/mol. The van der Waals surface area contributed by atoms with Gasteiger partial charge in [-0.25, -0.2) is 0 Å². The van der Waals surface area contributed by atoms with Crippen molar-refractivity contribution in [1.82, 2.24) is 14.8 Å². The second kappa shape index (κ2) is 8.79. The molecule has 166 valence electrons.